The number of aromatic nitrogens is 2. The predicted molar refractivity (Wildman–Crippen MR) is 62.3 cm³/mol. The van der Waals surface area contributed by atoms with Crippen molar-refractivity contribution in [3.05, 3.63) is 30.2 Å². The molecule has 0 radical (unpaired) electrons. The summed E-state index contributed by atoms with van der Waals surface area (Å²) in [6.07, 6.45) is 6.30. The number of rotatable bonds is 2. The van der Waals surface area contributed by atoms with Crippen molar-refractivity contribution in [2.75, 3.05) is 0 Å². The standard InChI is InChI=1S/C13H14N2O/c1-13(2)5-10(13)12(16)9-7-15-11-3-4-14-6-8(9)11/h3-4,6-7,10,15H,5H2,1-2H3. The van der Waals surface area contributed by atoms with Gasteiger partial charge in [0.15, 0.2) is 5.78 Å². The Morgan fingerprint density at radius 3 is 3.00 bits per heavy atom. The number of ketones is 1. The van der Waals surface area contributed by atoms with E-state index in [0.29, 0.717) is 0 Å². The predicted octanol–water partition coefficient (Wildman–Crippen LogP) is 2.79. The van der Waals surface area contributed by atoms with Gasteiger partial charge in [-0.05, 0) is 17.9 Å². The molecule has 82 valence electrons. The van der Waals surface area contributed by atoms with E-state index in [9.17, 15) is 4.79 Å². The van der Waals surface area contributed by atoms with Gasteiger partial charge in [0.25, 0.3) is 0 Å². The van der Waals surface area contributed by atoms with E-state index in [1.807, 2.05) is 12.3 Å². The van der Waals surface area contributed by atoms with E-state index in [4.69, 9.17) is 0 Å². The second-order valence-corrected chi connectivity index (χ2v) is 5.23. The molecule has 1 saturated carbocycles. The molecular weight excluding hydrogens is 200 g/mol. The number of H-pyrrole nitrogens is 1. The molecule has 1 unspecified atom stereocenters. The van der Waals surface area contributed by atoms with E-state index in [-0.39, 0.29) is 17.1 Å². The van der Waals surface area contributed by atoms with E-state index >= 15 is 0 Å². The second-order valence-electron chi connectivity index (χ2n) is 5.23. The molecule has 16 heavy (non-hydrogen) atoms. The fraction of sp³-hybridized carbons (Fsp3) is 0.385. The molecule has 0 saturated heterocycles. The zero-order valence-electron chi connectivity index (χ0n) is 9.45. The number of hydrogen-bond acceptors (Lipinski definition) is 2. The molecule has 3 rings (SSSR count). The maximum Gasteiger partial charge on any atom is 0.168 e. The molecule has 3 nitrogen and oxygen atoms in total. The van der Waals surface area contributed by atoms with Gasteiger partial charge in [0.1, 0.15) is 0 Å². The van der Waals surface area contributed by atoms with Crippen molar-refractivity contribution in [2.24, 2.45) is 11.3 Å². The lowest BCUT2D eigenvalue weighted by molar-refractivity contribution is 0.0955. The summed E-state index contributed by atoms with van der Waals surface area (Å²) in [5, 5.41) is 0.940. The van der Waals surface area contributed by atoms with E-state index in [0.717, 1.165) is 22.9 Å². The number of nitrogens with zero attached hydrogens (tertiary/aromatic N) is 1. The third-order valence-electron chi connectivity index (χ3n) is 3.58. The average molecular weight is 214 g/mol. The van der Waals surface area contributed by atoms with Crippen molar-refractivity contribution < 1.29 is 4.79 Å². The molecule has 2 aromatic heterocycles. The molecule has 1 atom stereocenters. The van der Waals surface area contributed by atoms with Crippen LogP contribution in [0, 0.1) is 11.3 Å². The number of carbonyl (C=O) groups excluding carboxylic acids is 1. The Kier molecular flexibility index (Phi) is 1.76. The summed E-state index contributed by atoms with van der Waals surface area (Å²) < 4.78 is 0. The second kappa shape index (κ2) is 2.94. The minimum Gasteiger partial charge on any atom is -0.360 e. The molecule has 0 bridgehead atoms. The first-order valence-electron chi connectivity index (χ1n) is 5.55. The van der Waals surface area contributed by atoms with Gasteiger partial charge in [-0.2, -0.15) is 0 Å². The Hall–Kier alpha value is -1.64. The molecule has 0 aliphatic heterocycles. The van der Waals surface area contributed by atoms with Gasteiger partial charge in [0.2, 0.25) is 0 Å². The average Bonchev–Trinajstić information content (AvgIpc) is 2.74. The molecule has 2 aromatic rings. The Labute approximate surface area is 93.9 Å². The number of nitrogens with one attached hydrogen (secondary N) is 1. The molecule has 1 N–H and O–H groups in total. The lowest BCUT2D eigenvalue weighted by Gasteiger charge is -2.01. The molecular formula is C13H14N2O. The Morgan fingerprint density at radius 1 is 1.56 bits per heavy atom. The smallest absolute Gasteiger partial charge is 0.168 e. The fourth-order valence-corrected chi connectivity index (χ4v) is 2.27. The monoisotopic (exact) mass is 214 g/mol. The van der Waals surface area contributed by atoms with E-state index in [1.165, 1.54) is 0 Å². The van der Waals surface area contributed by atoms with E-state index < -0.39 is 0 Å². The van der Waals surface area contributed by atoms with Gasteiger partial charge < -0.3 is 4.98 Å². The number of carbonyl (C=O) groups is 1. The third kappa shape index (κ3) is 1.28. The van der Waals surface area contributed by atoms with Crippen LogP contribution in [0.4, 0.5) is 0 Å². The van der Waals surface area contributed by atoms with Crippen molar-refractivity contribution >= 4 is 16.7 Å². The van der Waals surface area contributed by atoms with Gasteiger partial charge in [-0.3, -0.25) is 9.78 Å². The third-order valence-corrected chi connectivity index (χ3v) is 3.58. The normalized spacial score (nSPS) is 22.2. The SMILES string of the molecule is CC1(C)CC1C(=O)c1c[nH]c2ccncc12. The minimum atomic E-state index is 0.183. The highest BCUT2D eigenvalue weighted by atomic mass is 16.1. The Balaban J connectivity index is 2.04. The number of hydrogen-bond donors (Lipinski definition) is 1. The molecule has 0 amide bonds. The van der Waals surface area contributed by atoms with Crippen LogP contribution in [0.15, 0.2) is 24.7 Å². The lowest BCUT2D eigenvalue weighted by Crippen LogP contribution is -2.05. The maximum atomic E-state index is 12.2. The van der Waals surface area contributed by atoms with Crippen LogP contribution in [0.5, 0.6) is 0 Å². The van der Waals surface area contributed by atoms with Gasteiger partial charge in [0, 0.05) is 41.0 Å². The van der Waals surface area contributed by atoms with Crippen LogP contribution in [0.1, 0.15) is 30.6 Å². The van der Waals surface area contributed by atoms with Crippen LogP contribution >= 0.6 is 0 Å². The van der Waals surface area contributed by atoms with Gasteiger partial charge in [-0.1, -0.05) is 13.8 Å². The van der Waals surface area contributed by atoms with Gasteiger partial charge in [-0.25, -0.2) is 0 Å². The number of fused-ring (bicyclic) bond motifs is 1. The first-order valence-corrected chi connectivity index (χ1v) is 5.55. The van der Waals surface area contributed by atoms with Crippen LogP contribution in [-0.2, 0) is 0 Å². The zero-order chi connectivity index (χ0) is 11.3. The molecule has 2 heterocycles. The van der Waals surface area contributed by atoms with Crippen molar-refractivity contribution in [1.82, 2.24) is 9.97 Å². The zero-order valence-corrected chi connectivity index (χ0v) is 9.45. The fourth-order valence-electron chi connectivity index (χ4n) is 2.27. The van der Waals surface area contributed by atoms with Crippen molar-refractivity contribution in [3.8, 4) is 0 Å². The molecule has 0 aromatic carbocycles. The van der Waals surface area contributed by atoms with Crippen LogP contribution in [0.2, 0.25) is 0 Å². The van der Waals surface area contributed by atoms with E-state index in [1.54, 1.807) is 12.4 Å². The number of pyridine rings is 1. The summed E-state index contributed by atoms with van der Waals surface area (Å²) in [5.41, 5.74) is 1.96. The minimum absolute atomic E-state index is 0.183. The van der Waals surface area contributed by atoms with Crippen LogP contribution in [-0.4, -0.2) is 15.8 Å². The Morgan fingerprint density at radius 2 is 2.31 bits per heavy atom. The first kappa shape index (κ1) is 9.58. The van der Waals surface area contributed by atoms with Crippen LogP contribution < -0.4 is 0 Å². The molecule has 1 fully saturated rings. The molecule has 3 heteroatoms. The topological polar surface area (TPSA) is 45.8 Å². The highest BCUT2D eigenvalue weighted by Gasteiger charge is 2.50. The summed E-state index contributed by atoms with van der Waals surface area (Å²) in [7, 11) is 0. The summed E-state index contributed by atoms with van der Waals surface area (Å²) >= 11 is 0. The summed E-state index contributed by atoms with van der Waals surface area (Å²) in [5.74, 6) is 0.441. The highest BCUT2D eigenvalue weighted by molar-refractivity contribution is 6.09. The molecule has 1 aliphatic carbocycles. The first-order chi connectivity index (χ1) is 7.59. The number of Topliss-reactive ketones (excluding diaryl/α,β-unsaturated/α-hetero) is 1. The van der Waals surface area contributed by atoms with E-state index in [2.05, 4.69) is 23.8 Å². The van der Waals surface area contributed by atoms with Crippen molar-refractivity contribution in [2.45, 2.75) is 20.3 Å². The largest absolute Gasteiger partial charge is 0.360 e. The van der Waals surface area contributed by atoms with Crippen LogP contribution in [0.25, 0.3) is 10.9 Å². The molecule has 1 aliphatic rings. The van der Waals surface area contributed by atoms with Gasteiger partial charge >= 0.3 is 0 Å². The van der Waals surface area contributed by atoms with Crippen LogP contribution in [0.3, 0.4) is 0 Å². The van der Waals surface area contributed by atoms with Crippen molar-refractivity contribution in [1.29, 1.82) is 0 Å². The Bertz CT molecular complexity index is 568. The molecule has 0 spiro atoms. The highest BCUT2D eigenvalue weighted by Crippen LogP contribution is 2.53. The quantitative estimate of drug-likeness (QED) is 0.781. The maximum absolute atomic E-state index is 12.2. The summed E-state index contributed by atoms with van der Waals surface area (Å²) in [6, 6.07) is 1.89. The lowest BCUT2D eigenvalue weighted by atomic mass is 10.0. The number of aromatic amines is 1. The summed E-state index contributed by atoms with van der Waals surface area (Å²) in [4.78, 5) is 19.4. The summed E-state index contributed by atoms with van der Waals surface area (Å²) in [6.45, 7) is 4.28. The van der Waals surface area contributed by atoms with Gasteiger partial charge in [0.05, 0.1) is 0 Å². The van der Waals surface area contributed by atoms with Gasteiger partial charge in [-0.15, -0.1) is 0 Å². The van der Waals surface area contributed by atoms with Crippen molar-refractivity contribution in [3.63, 3.8) is 0 Å².